The minimum Gasteiger partial charge on any atom is -0.369 e. The van der Waals surface area contributed by atoms with E-state index in [1.54, 1.807) is 18.7 Å². The van der Waals surface area contributed by atoms with Gasteiger partial charge in [-0.25, -0.2) is 9.37 Å². The summed E-state index contributed by atoms with van der Waals surface area (Å²) >= 11 is 0. The SMILES string of the molecule is C[C@@H]1Cc2c([nH]c3ccccc23)[C@@H](c2cnc(N3CCC4(CCN(CCN5CCN(c6ccc7c(c6)CN(C6CCC(=O)NC6=O)C7=O)CC5)C(=O)C4)CC3)cn2)N1CC(C)(C)F. The molecule has 4 saturated heterocycles. The van der Waals surface area contributed by atoms with Gasteiger partial charge in [0.25, 0.3) is 5.91 Å². The number of nitrogens with zero attached hydrogens (tertiary/aromatic N) is 8. The summed E-state index contributed by atoms with van der Waals surface area (Å²) in [6.45, 7) is 13.6. The highest BCUT2D eigenvalue weighted by atomic mass is 19.1. The Morgan fingerprint density at radius 3 is 2.40 bits per heavy atom. The number of aromatic nitrogens is 3. The fourth-order valence-corrected chi connectivity index (χ4v) is 11.3. The van der Waals surface area contributed by atoms with Crippen molar-refractivity contribution < 1.29 is 23.6 Å². The number of para-hydroxylation sites is 1. The number of imide groups is 1. The van der Waals surface area contributed by atoms with Gasteiger partial charge in [-0.05, 0) is 93.7 Å². The minimum atomic E-state index is -1.37. The van der Waals surface area contributed by atoms with Gasteiger partial charge >= 0.3 is 0 Å². The summed E-state index contributed by atoms with van der Waals surface area (Å²) in [4.78, 5) is 77.6. The summed E-state index contributed by atoms with van der Waals surface area (Å²) in [5.74, 6) is 0.272. The lowest BCUT2D eigenvalue weighted by atomic mass is 9.71. The number of amides is 4. The Hall–Kier alpha value is -5.41. The van der Waals surface area contributed by atoms with Gasteiger partial charge in [-0.15, -0.1) is 0 Å². The number of fused-ring (bicyclic) bond motifs is 4. The molecule has 14 nitrogen and oxygen atoms in total. The fourth-order valence-electron chi connectivity index (χ4n) is 11.3. The van der Waals surface area contributed by atoms with E-state index in [2.05, 4.69) is 66.0 Å². The Morgan fingerprint density at radius 2 is 1.67 bits per heavy atom. The van der Waals surface area contributed by atoms with E-state index in [0.29, 0.717) is 31.5 Å². The first-order valence-corrected chi connectivity index (χ1v) is 23.0. The smallest absolute Gasteiger partial charge is 0.255 e. The topological polar surface area (TPSA) is 141 Å². The molecule has 2 aromatic carbocycles. The predicted molar refractivity (Wildman–Crippen MR) is 238 cm³/mol. The molecular formula is C48H59FN10O4. The highest BCUT2D eigenvalue weighted by molar-refractivity contribution is 6.05. The zero-order chi connectivity index (χ0) is 43.6. The third kappa shape index (κ3) is 8.07. The number of hydrogen-bond acceptors (Lipinski definition) is 10. The Balaban J connectivity index is 0.704. The molecule has 4 fully saturated rings. The summed E-state index contributed by atoms with van der Waals surface area (Å²) in [5.41, 5.74) is 5.53. The maximum atomic E-state index is 15.2. The van der Waals surface area contributed by atoms with Crippen LogP contribution in [0.25, 0.3) is 10.9 Å². The van der Waals surface area contributed by atoms with Crippen molar-refractivity contribution >= 4 is 46.0 Å². The van der Waals surface area contributed by atoms with Crippen LogP contribution in [-0.4, -0.2) is 141 Å². The van der Waals surface area contributed by atoms with Gasteiger partial charge in [0.05, 0.1) is 24.1 Å². The van der Waals surface area contributed by atoms with Crippen LogP contribution in [0.3, 0.4) is 0 Å². The molecule has 6 aliphatic rings. The van der Waals surface area contributed by atoms with Crippen molar-refractivity contribution in [3.8, 4) is 0 Å². The third-order valence-corrected chi connectivity index (χ3v) is 14.9. The van der Waals surface area contributed by atoms with Gasteiger partial charge in [0.2, 0.25) is 17.7 Å². The molecule has 0 saturated carbocycles. The fraction of sp³-hybridized carbons (Fsp3) is 0.542. The highest BCUT2D eigenvalue weighted by Gasteiger charge is 2.43. The maximum absolute atomic E-state index is 15.2. The van der Waals surface area contributed by atoms with Gasteiger partial charge < -0.3 is 24.6 Å². The van der Waals surface area contributed by atoms with E-state index >= 15 is 4.39 Å². The van der Waals surface area contributed by atoms with Crippen molar-refractivity contribution in [2.24, 2.45) is 5.41 Å². The van der Waals surface area contributed by atoms with Crippen LogP contribution in [0.15, 0.2) is 54.9 Å². The normalized spacial score (nSPS) is 24.7. The zero-order valence-electron chi connectivity index (χ0n) is 36.7. The zero-order valence-corrected chi connectivity index (χ0v) is 36.7. The Kier molecular flexibility index (Phi) is 10.8. The number of benzene rings is 2. The van der Waals surface area contributed by atoms with Crippen molar-refractivity contribution in [1.29, 1.82) is 0 Å². The number of piperazine rings is 1. The number of alkyl halides is 1. The first-order chi connectivity index (χ1) is 30.3. The van der Waals surface area contributed by atoms with Crippen LogP contribution < -0.4 is 15.1 Å². The van der Waals surface area contributed by atoms with Crippen LogP contribution in [0.4, 0.5) is 15.9 Å². The molecule has 4 aromatic rings. The van der Waals surface area contributed by atoms with E-state index in [0.717, 1.165) is 119 Å². The van der Waals surface area contributed by atoms with Crippen molar-refractivity contribution in [3.63, 3.8) is 0 Å². The summed E-state index contributed by atoms with van der Waals surface area (Å²) in [6, 6.07) is 13.6. The van der Waals surface area contributed by atoms with Crippen molar-refractivity contribution in [2.75, 3.05) is 75.2 Å². The molecule has 0 bridgehead atoms. The molecule has 63 heavy (non-hydrogen) atoms. The van der Waals surface area contributed by atoms with Gasteiger partial charge in [0, 0.05) is 119 Å². The Morgan fingerprint density at radius 1 is 0.889 bits per heavy atom. The first kappa shape index (κ1) is 41.6. The van der Waals surface area contributed by atoms with Gasteiger partial charge in [-0.2, -0.15) is 0 Å². The van der Waals surface area contributed by atoms with Crippen LogP contribution in [0.2, 0.25) is 0 Å². The van der Waals surface area contributed by atoms with Crippen molar-refractivity contribution in [2.45, 2.75) is 96.1 Å². The minimum absolute atomic E-state index is 0.0202. The van der Waals surface area contributed by atoms with E-state index in [-0.39, 0.29) is 41.6 Å². The van der Waals surface area contributed by atoms with Crippen LogP contribution >= 0.6 is 0 Å². The third-order valence-electron chi connectivity index (χ3n) is 14.9. The number of likely N-dealkylation sites (tertiary alicyclic amines) is 1. The number of anilines is 2. The molecule has 1 spiro atoms. The predicted octanol–water partition coefficient (Wildman–Crippen LogP) is 4.83. The monoisotopic (exact) mass is 858 g/mol. The largest absolute Gasteiger partial charge is 0.369 e. The van der Waals surface area contributed by atoms with Crippen LogP contribution in [0.1, 0.15) is 98.2 Å². The number of carbonyl (C=O) groups excluding carboxylic acids is 4. The molecule has 4 amide bonds. The lowest BCUT2D eigenvalue weighted by Crippen LogP contribution is -2.52. The quantitative estimate of drug-likeness (QED) is 0.225. The van der Waals surface area contributed by atoms with Gasteiger partial charge in [-0.1, -0.05) is 18.2 Å². The lowest BCUT2D eigenvalue weighted by molar-refractivity contribution is -0.139. The first-order valence-electron chi connectivity index (χ1n) is 23.0. The second-order valence-corrected chi connectivity index (χ2v) is 19.6. The van der Waals surface area contributed by atoms with Crippen LogP contribution in [0.5, 0.6) is 0 Å². The Labute approximate surface area is 368 Å². The molecule has 6 aliphatic heterocycles. The second-order valence-electron chi connectivity index (χ2n) is 19.6. The number of H-pyrrole nitrogens is 1. The molecule has 0 aliphatic carbocycles. The molecule has 3 atom stereocenters. The summed E-state index contributed by atoms with van der Waals surface area (Å²) in [7, 11) is 0. The average molecular weight is 859 g/mol. The van der Waals surface area contributed by atoms with E-state index in [9.17, 15) is 19.2 Å². The molecule has 15 heteroatoms. The Bertz CT molecular complexity index is 2420. The van der Waals surface area contributed by atoms with E-state index < -0.39 is 17.6 Å². The molecule has 332 valence electrons. The van der Waals surface area contributed by atoms with E-state index in [1.165, 1.54) is 10.9 Å². The number of aromatic amines is 1. The number of rotatable bonds is 9. The molecule has 10 rings (SSSR count). The molecule has 0 radical (unpaired) electrons. The number of piperidine rings is 3. The van der Waals surface area contributed by atoms with Gasteiger partial charge in [0.1, 0.15) is 17.5 Å². The second kappa shape index (κ2) is 16.3. The lowest BCUT2D eigenvalue weighted by Gasteiger charge is -2.47. The van der Waals surface area contributed by atoms with E-state index in [1.807, 2.05) is 30.6 Å². The average Bonchev–Trinajstić information content (AvgIpc) is 3.80. The summed E-state index contributed by atoms with van der Waals surface area (Å²) in [5, 5.41) is 3.59. The standard InChI is InChI=1S/C48H59FN10O4/c1-31-24-36-35-6-4-5-7-37(35)52-43(36)44(59(31)30-47(2,3)49)38-27-51-40(28-50-38)56-15-12-48(13-16-56)14-17-57(42(61)26-48)23-20-54-18-21-55(22-19-54)33-8-9-34-32(25-33)29-58(46(34)63)39-10-11-41(60)53-45(39)62/h4-9,25,27-28,31,39,44,52H,10-24,26,29-30H2,1-3H3,(H,53,60,62)/t31-,39?,44-/m1/s1. The van der Waals surface area contributed by atoms with Crippen LogP contribution in [-0.2, 0) is 27.3 Å². The highest BCUT2D eigenvalue weighted by Crippen LogP contribution is 2.44. The molecule has 2 N–H and O–H groups in total. The summed E-state index contributed by atoms with van der Waals surface area (Å²) in [6.07, 6.45) is 8.70. The molecule has 8 heterocycles. The maximum Gasteiger partial charge on any atom is 0.255 e. The molecule has 1 unspecified atom stereocenters. The van der Waals surface area contributed by atoms with Gasteiger partial charge in [0.15, 0.2) is 0 Å². The van der Waals surface area contributed by atoms with Crippen molar-refractivity contribution in [3.05, 3.63) is 82.9 Å². The van der Waals surface area contributed by atoms with E-state index in [4.69, 9.17) is 9.97 Å². The number of hydrogen-bond donors (Lipinski definition) is 2. The number of carbonyl (C=O) groups is 4. The molecular weight excluding hydrogens is 800 g/mol. The molecule has 2 aromatic heterocycles. The number of nitrogens with one attached hydrogen (secondary N) is 2. The number of halogens is 1. The summed E-state index contributed by atoms with van der Waals surface area (Å²) < 4.78 is 15.2. The van der Waals surface area contributed by atoms with Gasteiger partial charge in [-0.3, -0.25) is 39.3 Å². The van der Waals surface area contributed by atoms with Crippen molar-refractivity contribution in [1.82, 2.24) is 39.9 Å². The van der Waals surface area contributed by atoms with Crippen LogP contribution in [0, 0.1) is 5.41 Å².